The molecule has 0 radical (unpaired) electrons. The molecule has 0 aliphatic heterocycles. The fourth-order valence-corrected chi connectivity index (χ4v) is 2.42. The van der Waals surface area contributed by atoms with E-state index in [4.69, 9.17) is 5.14 Å². The van der Waals surface area contributed by atoms with Crippen molar-refractivity contribution in [1.82, 2.24) is 4.98 Å². The van der Waals surface area contributed by atoms with E-state index < -0.39 is 10.0 Å². The van der Waals surface area contributed by atoms with E-state index in [1.807, 2.05) is 12.1 Å². The Morgan fingerprint density at radius 3 is 2.71 bits per heavy atom. The zero-order chi connectivity index (χ0) is 12.5. The zero-order valence-electron chi connectivity index (χ0n) is 9.13. The minimum atomic E-state index is -3.81. The third-order valence-electron chi connectivity index (χ3n) is 2.40. The highest BCUT2D eigenvalue weighted by Crippen LogP contribution is 2.20. The van der Waals surface area contributed by atoms with Crippen LogP contribution >= 0.6 is 0 Å². The lowest BCUT2D eigenvalue weighted by molar-refractivity contribution is 0.593. The SMILES string of the molecule is C=CCc1cc2ccccc2nc1S(N)(=O)=O. The summed E-state index contributed by atoms with van der Waals surface area (Å²) in [7, 11) is -3.81. The lowest BCUT2D eigenvalue weighted by Gasteiger charge is -2.07. The van der Waals surface area contributed by atoms with Crippen molar-refractivity contribution in [3.63, 3.8) is 0 Å². The number of para-hydroxylation sites is 1. The van der Waals surface area contributed by atoms with Crippen molar-refractivity contribution < 1.29 is 8.42 Å². The third-order valence-corrected chi connectivity index (χ3v) is 3.29. The number of sulfonamides is 1. The Labute approximate surface area is 99.8 Å². The van der Waals surface area contributed by atoms with Crippen LogP contribution in [0.4, 0.5) is 0 Å². The molecule has 2 aromatic rings. The van der Waals surface area contributed by atoms with Gasteiger partial charge in [-0.3, -0.25) is 0 Å². The van der Waals surface area contributed by atoms with Gasteiger partial charge < -0.3 is 0 Å². The summed E-state index contributed by atoms with van der Waals surface area (Å²) in [6.45, 7) is 3.60. The molecule has 0 atom stereocenters. The van der Waals surface area contributed by atoms with Crippen LogP contribution in [0.3, 0.4) is 0 Å². The number of fused-ring (bicyclic) bond motifs is 1. The van der Waals surface area contributed by atoms with Gasteiger partial charge in [0.15, 0.2) is 5.03 Å². The first kappa shape index (κ1) is 11.8. The predicted octanol–water partition coefficient (Wildman–Crippen LogP) is 1.61. The van der Waals surface area contributed by atoms with Crippen molar-refractivity contribution in [2.24, 2.45) is 5.14 Å². The number of benzene rings is 1. The summed E-state index contributed by atoms with van der Waals surface area (Å²) in [6.07, 6.45) is 2.05. The molecule has 2 rings (SSSR count). The number of hydrogen-bond donors (Lipinski definition) is 1. The Morgan fingerprint density at radius 1 is 1.35 bits per heavy atom. The number of nitrogens with zero attached hydrogens (tertiary/aromatic N) is 1. The van der Waals surface area contributed by atoms with Crippen molar-refractivity contribution in [1.29, 1.82) is 0 Å². The standard InChI is InChI=1S/C12H12N2O2S/c1-2-5-10-8-9-6-3-4-7-11(9)14-12(10)17(13,15)16/h2-4,6-8H,1,5H2,(H2,13,15,16). The smallest absolute Gasteiger partial charge is 0.235 e. The first-order valence-electron chi connectivity index (χ1n) is 5.05. The topological polar surface area (TPSA) is 73.0 Å². The van der Waals surface area contributed by atoms with Gasteiger partial charge in [-0.25, -0.2) is 18.5 Å². The van der Waals surface area contributed by atoms with Crippen molar-refractivity contribution in [3.05, 3.63) is 48.6 Å². The van der Waals surface area contributed by atoms with E-state index in [-0.39, 0.29) is 5.03 Å². The summed E-state index contributed by atoms with van der Waals surface area (Å²) in [5.41, 5.74) is 1.19. The number of pyridine rings is 1. The van der Waals surface area contributed by atoms with Crippen LogP contribution in [0.25, 0.3) is 10.9 Å². The van der Waals surface area contributed by atoms with E-state index in [1.165, 1.54) is 0 Å². The van der Waals surface area contributed by atoms with E-state index >= 15 is 0 Å². The molecule has 0 unspecified atom stereocenters. The normalized spacial score (nSPS) is 11.6. The molecule has 1 aromatic carbocycles. The molecule has 0 spiro atoms. The number of aromatic nitrogens is 1. The third kappa shape index (κ3) is 2.35. The Bertz CT molecular complexity index is 678. The molecule has 0 saturated heterocycles. The lowest BCUT2D eigenvalue weighted by atomic mass is 10.1. The molecule has 0 aliphatic carbocycles. The van der Waals surface area contributed by atoms with Gasteiger partial charge in [-0.05, 0) is 24.1 Å². The second-order valence-electron chi connectivity index (χ2n) is 3.68. The fraction of sp³-hybridized carbons (Fsp3) is 0.0833. The molecule has 0 amide bonds. The van der Waals surface area contributed by atoms with Crippen molar-refractivity contribution in [2.75, 3.05) is 0 Å². The summed E-state index contributed by atoms with van der Waals surface area (Å²) >= 11 is 0. The molecule has 0 aliphatic rings. The molecular formula is C12H12N2O2S. The number of primary sulfonamides is 1. The van der Waals surface area contributed by atoms with Gasteiger partial charge in [0.2, 0.25) is 0 Å². The van der Waals surface area contributed by atoms with Gasteiger partial charge in [0.1, 0.15) is 0 Å². The second-order valence-corrected chi connectivity index (χ2v) is 5.16. The summed E-state index contributed by atoms with van der Waals surface area (Å²) in [5.74, 6) is 0. The average Bonchev–Trinajstić information content (AvgIpc) is 2.27. The van der Waals surface area contributed by atoms with Crippen LogP contribution in [-0.4, -0.2) is 13.4 Å². The molecule has 1 aromatic heterocycles. The molecule has 0 bridgehead atoms. The molecule has 2 N–H and O–H groups in total. The number of allylic oxidation sites excluding steroid dienone is 1. The zero-order valence-corrected chi connectivity index (χ0v) is 9.94. The second kappa shape index (κ2) is 4.27. The van der Waals surface area contributed by atoms with Crippen LogP contribution in [0.1, 0.15) is 5.56 Å². The van der Waals surface area contributed by atoms with E-state index in [9.17, 15) is 8.42 Å². The molecule has 88 valence electrons. The molecule has 17 heavy (non-hydrogen) atoms. The van der Waals surface area contributed by atoms with Crippen molar-refractivity contribution in [2.45, 2.75) is 11.4 Å². The van der Waals surface area contributed by atoms with Gasteiger partial charge in [0, 0.05) is 5.39 Å². The summed E-state index contributed by atoms with van der Waals surface area (Å²) in [6, 6.07) is 9.08. The summed E-state index contributed by atoms with van der Waals surface area (Å²) < 4.78 is 22.9. The lowest BCUT2D eigenvalue weighted by Crippen LogP contribution is -2.16. The van der Waals surface area contributed by atoms with Crippen molar-refractivity contribution in [3.8, 4) is 0 Å². The summed E-state index contributed by atoms with van der Waals surface area (Å²) in [5, 5.41) is 5.97. The van der Waals surface area contributed by atoms with Gasteiger partial charge >= 0.3 is 0 Å². The van der Waals surface area contributed by atoms with E-state index in [0.717, 1.165) is 5.39 Å². The number of nitrogens with two attached hydrogens (primary N) is 1. The van der Waals surface area contributed by atoms with E-state index in [2.05, 4.69) is 11.6 Å². The number of rotatable bonds is 3. The van der Waals surface area contributed by atoms with Gasteiger partial charge in [-0.15, -0.1) is 6.58 Å². The Morgan fingerprint density at radius 2 is 2.06 bits per heavy atom. The van der Waals surface area contributed by atoms with Crippen LogP contribution in [0.5, 0.6) is 0 Å². The van der Waals surface area contributed by atoms with Crippen LogP contribution in [0, 0.1) is 0 Å². The van der Waals surface area contributed by atoms with Crippen LogP contribution in [0.15, 0.2) is 48.0 Å². The van der Waals surface area contributed by atoms with Crippen LogP contribution < -0.4 is 5.14 Å². The Hall–Kier alpha value is -1.72. The minimum Gasteiger partial charge on any atom is -0.235 e. The minimum absolute atomic E-state index is 0.0731. The largest absolute Gasteiger partial charge is 0.255 e. The average molecular weight is 248 g/mol. The van der Waals surface area contributed by atoms with Gasteiger partial charge in [-0.2, -0.15) is 0 Å². The molecule has 1 heterocycles. The van der Waals surface area contributed by atoms with Crippen LogP contribution in [-0.2, 0) is 16.4 Å². The summed E-state index contributed by atoms with van der Waals surface area (Å²) in [4.78, 5) is 4.10. The monoisotopic (exact) mass is 248 g/mol. The molecule has 0 fully saturated rings. The van der Waals surface area contributed by atoms with Gasteiger partial charge in [-0.1, -0.05) is 24.3 Å². The number of hydrogen-bond acceptors (Lipinski definition) is 3. The highest BCUT2D eigenvalue weighted by Gasteiger charge is 2.16. The van der Waals surface area contributed by atoms with Gasteiger partial charge in [0.25, 0.3) is 10.0 Å². The van der Waals surface area contributed by atoms with E-state index in [1.54, 1.807) is 24.3 Å². The fourth-order valence-electron chi connectivity index (χ4n) is 1.69. The first-order valence-corrected chi connectivity index (χ1v) is 6.59. The highest BCUT2D eigenvalue weighted by atomic mass is 32.2. The molecular weight excluding hydrogens is 236 g/mol. The maximum absolute atomic E-state index is 11.5. The molecule has 5 heteroatoms. The maximum Gasteiger partial charge on any atom is 0.255 e. The highest BCUT2D eigenvalue weighted by molar-refractivity contribution is 7.89. The predicted molar refractivity (Wildman–Crippen MR) is 67.0 cm³/mol. The van der Waals surface area contributed by atoms with Gasteiger partial charge in [0.05, 0.1) is 5.52 Å². The van der Waals surface area contributed by atoms with Crippen LogP contribution in [0.2, 0.25) is 0 Å². The first-order chi connectivity index (χ1) is 8.02. The Balaban J connectivity index is 2.79. The maximum atomic E-state index is 11.5. The Kier molecular flexibility index (Phi) is 2.95. The molecule has 0 saturated carbocycles. The molecule has 4 nitrogen and oxygen atoms in total. The van der Waals surface area contributed by atoms with Crippen molar-refractivity contribution >= 4 is 20.9 Å². The van der Waals surface area contributed by atoms with E-state index in [0.29, 0.717) is 17.5 Å². The quantitative estimate of drug-likeness (QED) is 0.839.